The van der Waals surface area contributed by atoms with Crippen molar-refractivity contribution in [3.05, 3.63) is 17.5 Å². The summed E-state index contributed by atoms with van der Waals surface area (Å²) in [5, 5.41) is 0.608. The maximum atomic E-state index is 6.08. The molecular weight excluding hydrogens is 254 g/mol. The van der Waals surface area contributed by atoms with Crippen LogP contribution in [0.1, 0.15) is 12.8 Å². The summed E-state index contributed by atoms with van der Waals surface area (Å²) >= 11 is 6.08. The fraction of sp³-hybridized carbons (Fsp3) is 0.667. The van der Waals surface area contributed by atoms with E-state index in [9.17, 15) is 0 Å². The number of nitrogens with zero attached hydrogens (tertiary/aromatic N) is 3. The highest BCUT2D eigenvalue weighted by molar-refractivity contribution is 6.32. The van der Waals surface area contributed by atoms with E-state index in [2.05, 4.69) is 14.9 Å². The second kappa shape index (κ2) is 6.87. The minimum absolute atomic E-state index is 0.317. The second-order valence-electron chi connectivity index (χ2n) is 4.24. The fourth-order valence-electron chi connectivity index (χ4n) is 2.07. The lowest BCUT2D eigenvalue weighted by Gasteiger charge is -2.32. The third kappa shape index (κ3) is 3.54. The Morgan fingerprint density at radius 3 is 2.83 bits per heavy atom. The normalized spacial score (nSPS) is 17.1. The van der Waals surface area contributed by atoms with Crippen molar-refractivity contribution in [2.75, 3.05) is 38.3 Å². The van der Waals surface area contributed by atoms with Gasteiger partial charge in [-0.2, -0.15) is 0 Å². The van der Waals surface area contributed by atoms with Crippen molar-refractivity contribution in [2.45, 2.75) is 18.9 Å². The number of hydrogen-bond acceptors (Lipinski definition) is 5. The molecule has 2 heterocycles. The van der Waals surface area contributed by atoms with Gasteiger partial charge in [0, 0.05) is 20.2 Å². The van der Waals surface area contributed by atoms with E-state index in [4.69, 9.17) is 21.1 Å². The van der Waals surface area contributed by atoms with Crippen molar-refractivity contribution >= 4 is 17.4 Å². The summed E-state index contributed by atoms with van der Waals surface area (Å²) in [7, 11) is 1.68. The monoisotopic (exact) mass is 271 g/mol. The van der Waals surface area contributed by atoms with Gasteiger partial charge in [-0.1, -0.05) is 11.6 Å². The van der Waals surface area contributed by atoms with E-state index in [0.717, 1.165) is 31.7 Å². The van der Waals surface area contributed by atoms with Crippen LogP contribution in [0.2, 0.25) is 5.02 Å². The van der Waals surface area contributed by atoms with Crippen molar-refractivity contribution in [1.82, 2.24) is 9.97 Å². The minimum atomic E-state index is 0.317. The molecule has 0 N–H and O–H groups in total. The van der Waals surface area contributed by atoms with Crippen LogP contribution in [-0.2, 0) is 9.47 Å². The van der Waals surface area contributed by atoms with Gasteiger partial charge in [0.2, 0.25) is 0 Å². The van der Waals surface area contributed by atoms with Crippen LogP contribution in [0.4, 0.5) is 5.82 Å². The molecule has 0 aliphatic carbocycles. The molecule has 0 unspecified atom stereocenters. The molecule has 2 rings (SSSR count). The molecule has 0 spiro atoms. The molecule has 1 saturated heterocycles. The molecule has 1 aliphatic rings. The summed E-state index contributed by atoms with van der Waals surface area (Å²) in [6.07, 6.45) is 5.46. The lowest BCUT2D eigenvalue weighted by atomic mass is 10.1. The first-order valence-electron chi connectivity index (χ1n) is 6.12. The van der Waals surface area contributed by atoms with Gasteiger partial charge >= 0.3 is 0 Å². The molecule has 0 saturated carbocycles. The highest BCUT2D eigenvalue weighted by Crippen LogP contribution is 2.25. The zero-order chi connectivity index (χ0) is 12.8. The SMILES string of the molecule is COCCOC1CCN(c2ncncc2Cl)CC1. The minimum Gasteiger partial charge on any atom is -0.382 e. The van der Waals surface area contributed by atoms with E-state index in [0.29, 0.717) is 24.3 Å². The van der Waals surface area contributed by atoms with Gasteiger partial charge in [0.1, 0.15) is 11.3 Å². The van der Waals surface area contributed by atoms with Crippen LogP contribution in [0.25, 0.3) is 0 Å². The summed E-state index contributed by atoms with van der Waals surface area (Å²) in [5.41, 5.74) is 0. The molecule has 1 fully saturated rings. The maximum absolute atomic E-state index is 6.08. The average molecular weight is 272 g/mol. The number of aromatic nitrogens is 2. The van der Waals surface area contributed by atoms with Crippen LogP contribution in [-0.4, -0.2) is 49.5 Å². The van der Waals surface area contributed by atoms with Gasteiger partial charge in [0.05, 0.1) is 25.5 Å². The highest BCUT2D eigenvalue weighted by atomic mass is 35.5. The van der Waals surface area contributed by atoms with Gasteiger partial charge in [0.25, 0.3) is 0 Å². The third-order valence-electron chi connectivity index (χ3n) is 3.03. The Hall–Kier alpha value is -0.910. The molecule has 1 aromatic rings. The van der Waals surface area contributed by atoms with Gasteiger partial charge in [-0.15, -0.1) is 0 Å². The van der Waals surface area contributed by atoms with Gasteiger partial charge in [-0.3, -0.25) is 0 Å². The lowest BCUT2D eigenvalue weighted by Crippen LogP contribution is -2.38. The van der Waals surface area contributed by atoms with Gasteiger partial charge in [-0.05, 0) is 12.8 Å². The predicted molar refractivity (Wildman–Crippen MR) is 70.1 cm³/mol. The van der Waals surface area contributed by atoms with Crippen LogP contribution >= 0.6 is 11.6 Å². The molecule has 0 amide bonds. The number of piperidine rings is 1. The predicted octanol–water partition coefficient (Wildman–Crippen LogP) is 1.76. The van der Waals surface area contributed by atoms with E-state index in [1.165, 1.54) is 6.33 Å². The number of hydrogen-bond donors (Lipinski definition) is 0. The quantitative estimate of drug-likeness (QED) is 0.764. The zero-order valence-electron chi connectivity index (χ0n) is 10.5. The van der Waals surface area contributed by atoms with E-state index < -0.39 is 0 Å². The van der Waals surface area contributed by atoms with Crippen LogP contribution in [0.3, 0.4) is 0 Å². The van der Waals surface area contributed by atoms with Crippen molar-refractivity contribution in [2.24, 2.45) is 0 Å². The molecule has 0 bridgehead atoms. The van der Waals surface area contributed by atoms with Crippen LogP contribution in [0, 0.1) is 0 Å². The fourth-order valence-corrected chi connectivity index (χ4v) is 2.30. The molecule has 1 aliphatic heterocycles. The average Bonchev–Trinajstić information content (AvgIpc) is 2.41. The molecule has 5 nitrogen and oxygen atoms in total. The van der Waals surface area contributed by atoms with Crippen LogP contribution < -0.4 is 4.90 Å². The Bertz CT molecular complexity index is 370. The Balaban J connectivity index is 1.81. The zero-order valence-corrected chi connectivity index (χ0v) is 11.3. The number of ether oxygens (including phenoxy) is 2. The van der Waals surface area contributed by atoms with Crippen molar-refractivity contribution in [3.63, 3.8) is 0 Å². The largest absolute Gasteiger partial charge is 0.382 e. The van der Waals surface area contributed by atoms with E-state index >= 15 is 0 Å². The summed E-state index contributed by atoms with van der Waals surface area (Å²) in [6.45, 7) is 3.14. The number of anilines is 1. The Kier molecular flexibility index (Phi) is 5.16. The first kappa shape index (κ1) is 13.5. The lowest BCUT2D eigenvalue weighted by molar-refractivity contribution is 0.00604. The summed E-state index contributed by atoms with van der Waals surface area (Å²) in [5.74, 6) is 0.821. The maximum Gasteiger partial charge on any atom is 0.150 e. The number of halogens is 1. The Labute approximate surface area is 112 Å². The smallest absolute Gasteiger partial charge is 0.150 e. The van der Waals surface area contributed by atoms with Crippen molar-refractivity contribution in [3.8, 4) is 0 Å². The Morgan fingerprint density at radius 2 is 2.17 bits per heavy atom. The molecule has 18 heavy (non-hydrogen) atoms. The van der Waals surface area contributed by atoms with Gasteiger partial charge < -0.3 is 14.4 Å². The highest BCUT2D eigenvalue weighted by Gasteiger charge is 2.21. The van der Waals surface area contributed by atoms with Gasteiger partial charge in [0.15, 0.2) is 5.82 Å². The second-order valence-corrected chi connectivity index (χ2v) is 4.65. The molecule has 100 valence electrons. The van der Waals surface area contributed by atoms with Crippen molar-refractivity contribution < 1.29 is 9.47 Å². The molecule has 0 aromatic carbocycles. The molecule has 0 radical (unpaired) electrons. The standard InChI is InChI=1S/C12H18ClN3O2/c1-17-6-7-18-10-2-4-16(5-3-10)12-11(13)8-14-9-15-12/h8-10H,2-7H2,1H3. The van der Waals surface area contributed by atoms with E-state index in [-0.39, 0.29) is 0 Å². The molecule has 1 aromatic heterocycles. The summed E-state index contributed by atoms with van der Waals surface area (Å²) in [6, 6.07) is 0. The van der Waals surface area contributed by atoms with Gasteiger partial charge in [-0.25, -0.2) is 9.97 Å². The first-order valence-corrected chi connectivity index (χ1v) is 6.50. The number of rotatable bonds is 5. The van der Waals surface area contributed by atoms with E-state index in [1.54, 1.807) is 13.3 Å². The first-order chi connectivity index (χ1) is 8.81. The van der Waals surface area contributed by atoms with Crippen LogP contribution in [0.5, 0.6) is 0 Å². The third-order valence-corrected chi connectivity index (χ3v) is 3.30. The summed E-state index contributed by atoms with van der Waals surface area (Å²) in [4.78, 5) is 10.3. The molecular formula is C12H18ClN3O2. The van der Waals surface area contributed by atoms with E-state index in [1.807, 2.05) is 0 Å². The Morgan fingerprint density at radius 1 is 1.39 bits per heavy atom. The summed E-state index contributed by atoms with van der Waals surface area (Å²) < 4.78 is 10.7. The van der Waals surface area contributed by atoms with Crippen LogP contribution in [0.15, 0.2) is 12.5 Å². The molecule has 0 atom stereocenters. The number of methoxy groups -OCH3 is 1. The molecule has 6 heteroatoms. The topological polar surface area (TPSA) is 47.5 Å². The van der Waals surface area contributed by atoms with Crippen molar-refractivity contribution in [1.29, 1.82) is 0 Å².